The number of phenolic OH excluding ortho intramolecular Hbond substituents is 1. The molecule has 0 radical (unpaired) electrons. The second-order valence-corrected chi connectivity index (χ2v) is 14.5. The van der Waals surface area contributed by atoms with E-state index in [0.717, 1.165) is 57.2 Å². The number of fused-ring (bicyclic) bond motifs is 4. The van der Waals surface area contributed by atoms with E-state index in [0.29, 0.717) is 40.7 Å². The van der Waals surface area contributed by atoms with Gasteiger partial charge >= 0.3 is 6.01 Å². The molecule has 5 aliphatic rings. The van der Waals surface area contributed by atoms with Crippen LogP contribution in [0.15, 0.2) is 24.3 Å². The van der Waals surface area contributed by atoms with Gasteiger partial charge in [-0.05, 0) is 73.9 Å². The zero-order valence-corrected chi connectivity index (χ0v) is 26.5. The van der Waals surface area contributed by atoms with E-state index in [1.807, 2.05) is 0 Å². The Kier molecular flexibility index (Phi) is 6.64. The molecule has 2 aliphatic carbocycles. The van der Waals surface area contributed by atoms with Crippen LogP contribution >= 0.6 is 0 Å². The van der Waals surface area contributed by atoms with Gasteiger partial charge in [0.2, 0.25) is 0 Å². The Morgan fingerprint density at radius 3 is 2.70 bits per heavy atom. The van der Waals surface area contributed by atoms with Crippen molar-refractivity contribution in [2.75, 3.05) is 44.2 Å². The van der Waals surface area contributed by atoms with Crippen LogP contribution in [0.5, 0.6) is 11.8 Å². The maximum atomic E-state index is 17.1. The number of phenols is 1. The topological polar surface area (TPSA) is 86.6 Å². The minimum Gasteiger partial charge on any atom is -0.508 e. The molecule has 4 atom stereocenters. The van der Waals surface area contributed by atoms with Crippen molar-refractivity contribution in [2.45, 2.75) is 57.5 Å². The normalized spacial score (nSPS) is 25.7. The van der Waals surface area contributed by atoms with Gasteiger partial charge < -0.3 is 25.0 Å². The molecule has 2 aromatic carbocycles. The van der Waals surface area contributed by atoms with E-state index in [4.69, 9.17) is 26.1 Å². The molecule has 5 heterocycles. The van der Waals surface area contributed by atoms with Gasteiger partial charge in [-0.2, -0.15) is 9.97 Å². The number of benzene rings is 2. The molecule has 0 bridgehead atoms. The van der Waals surface area contributed by atoms with Gasteiger partial charge in [0, 0.05) is 61.2 Å². The van der Waals surface area contributed by atoms with Crippen molar-refractivity contribution in [2.24, 2.45) is 17.3 Å². The number of pyridine rings is 1. The number of nitrogens with zero attached hydrogens (tertiary/aromatic N) is 5. The summed E-state index contributed by atoms with van der Waals surface area (Å²) in [5, 5.41) is 15.7. The van der Waals surface area contributed by atoms with Gasteiger partial charge in [0.25, 0.3) is 0 Å². The van der Waals surface area contributed by atoms with Crippen LogP contribution in [0.3, 0.4) is 0 Å². The standard InChI is InChI=1S/C37H38F2N6O2/c1-3-23-17-45-24(14-40-23)6-8-29-31-34(32(39)33(41-29)27-13-25(46)12-20-5-7-28(38)26(4-2)30(20)27)42-36(43-35(31)45)47-19-37(9-10-37)18-44-15-21-11-22(21)16-44/h2,5,7,12-13,21-24,40,46H,3,6,8-11,14-19H2,1H3/t21?,22?,23-,24-/m1/s1. The van der Waals surface area contributed by atoms with Crippen LogP contribution in [0.1, 0.15) is 50.3 Å². The molecule has 10 heteroatoms. The highest BCUT2D eigenvalue weighted by Gasteiger charge is 2.51. The third-order valence-corrected chi connectivity index (χ3v) is 11.3. The number of aromatic nitrogens is 3. The van der Waals surface area contributed by atoms with E-state index < -0.39 is 11.6 Å². The van der Waals surface area contributed by atoms with Crippen molar-refractivity contribution in [3.8, 4) is 35.4 Å². The van der Waals surface area contributed by atoms with Gasteiger partial charge in [0.15, 0.2) is 5.82 Å². The average molecular weight is 637 g/mol. The summed E-state index contributed by atoms with van der Waals surface area (Å²) in [7, 11) is 0. The lowest BCUT2D eigenvalue weighted by Crippen LogP contribution is -2.56. The van der Waals surface area contributed by atoms with Gasteiger partial charge in [-0.15, -0.1) is 6.42 Å². The molecule has 9 rings (SSSR count). The lowest BCUT2D eigenvalue weighted by atomic mass is 9.95. The first kappa shape index (κ1) is 29.1. The number of likely N-dealkylation sites (tertiary alicyclic amines) is 1. The number of halogens is 2. The Morgan fingerprint density at radius 2 is 1.94 bits per heavy atom. The second-order valence-electron chi connectivity index (χ2n) is 14.5. The van der Waals surface area contributed by atoms with Crippen molar-refractivity contribution in [3.05, 3.63) is 47.2 Å². The predicted molar refractivity (Wildman–Crippen MR) is 177 cm³/mol. The maximum absolute atomic E-state index is 17.1. The van der Waals surface area contributed by atoms with E-state index >= 15 is 4.39 Å². The van der Waals surface area contributed by atoms with E-state index in [2.05, 4.69) is 28.0 Å². The summed E-state index contributed by atoms with van der Waals surface area (Å²) in [6.45, 7) is 7.55. The fourth-order valence-corrected chi connectivity index (χ4v) is 8.39. The first-order valence-electron chi connectivity index (χ1n) is 17.0. The first-order chi connectivity index (χ1) is 22.8. The second kappa shape index (κ2) is 10.7. The maximum Gasteiger partial charge on any atom is 0.319 e. The van der Waals surface area contributed by atoms with Crippen LogP contribution < -0.4 is 15.0 Å². The zero-order chi connectivity index (χ0) is 32.0. The number of nitrogens with one attached hydrogen (secondary N) is 1. The smallest absolute Gasteiger partial charge is 0.319 e. The number of anilines is 1. The zero-order valence-electron chi connectivity index (χ0n) is 26.5. The Balaban J connectivity index is 1.18. The molecule has 2 unspecified atom stereocenters. The fourth-order valence-electron chi connectivity index (χ4n) is 8.39. The Morgan fingerprint density at radius 1 is 1.11 bits per heavy atom. The van der Waals surface area contributed by atoms with Crippen LogP contribution in [0.25, 0.3) is 32.9 Å². The van der Waals surface area contributed by atoms with Crippen molar-refractivity contribution in [1.82, 2.24) is 25.2 Å². The van der Waals surface area contributed by atoms with E-state index in [1.54, 1.807) is 0 Å². The molecule has 4 fully saturated rings. The molecular weight excluding hydrogens is 598 g/mol. The highest BCUT2D eigenvalue weighted by Crippen LogP contribution is 2.51. The molecule has 0 amide bonds. The quantitative estimate of drug-likeness (QED) is 0.260. The van der Waals surface area contributed by atoms with E-state index in [1.165, 1.54) is 43.8 Å². The number of piperidine rings is 1. The van der Waals surface area contributed by atoms with Crippen molar-refractivity contribution in [3.63, 3.8) is 0 Å². The average Bonchev–Trinajstić information content (AvgIpc) is 3.99. The molecule has 4 aromatic rings. The van der Waals surface area contributed by atoms with Crippen LogP contribution in [0.4, 0.5) is 14.6 Å². The summed E-state index contributed by atoms with van der Waals surface area (Å²) in [5.41, 5.74) is 1.06. The summed E-state index contributed by atoms with van der Waals surface area (Å²) in [4.78, 5) is 19.5. The van der Waals surface area contributed by atoms with Gasteiger partial charge in [-0.25, -0.2) is 13.8 Å². The molecule has 2 aromatic heterocycles. The molecule has 2 saturated carbocycles. The highest BCUT2D eigenvalue weighted by atomic mass is 19.1. The first-order valence-corrected chi connectivity index (χ1v) is 17.0. The number of piperazine rings is 1. The Labute approximate surface area is 272 Å². The lowest BCUT2D eigenvalue weighted by Gasteiger charge is -2.40. The Bertz CT molecular complexity index is 1980. The molecule has 3 aliphatic heterocycles. The number of hydrogen-bond acceptors (Lipinski definition) is 8. The Hall–Kier alpha value is -4.07. The third kappa shape index (κ3) is 4.89. The summed E-state index contributed by atoms with van der Waals surface area (Å²) >= 11 is 0. The number of ether oxygens (including phenoxy) is 1. The van der Waals surface area contributed by atoms with E-state index in [-0.39, 0.29) is 51.6 Å². The third-order valence-electron chi connectivity index (χ3n) is 11.3. The van der Waals surface area contributed by atoms with E-state index in [9.17, 15) is 9.50 Å². The minimum atomic E-state index is -0.672. The lowest BCUT2D eigenvalue weighted by molar-refractivity contribution is 0.163. The van der Waals surface area contributed by atoms with Gasteiger partial charge in [0.1, 0.15) is 28.6 Å². The SMILES string of the molecule is C#Cc1c(F)ccc2cc(O)cc(-c3nc4c5c(nc(OCC6(CN7CC8CC8C7)CC6)nc5c3F)N3C[C@@H](CC)NC[C@H]3CC4)c12. The molecule has 47 heavy (non-hydrogen) atoms. The summed E-state index contributed by atoms with van der Waals surface area (Å²) in [6.07, 6.45) is 11.7. The van der Waals surface area contributed by atoms with Crippen LogP contribution in [-0.4, -0.2) is 76.4 Å². The molecule has 0 spiro atoms. The molecule has 8 nitrogen and oxygen atoms in total. The highest BCUT2D eigenvalue weighted by molar-refractivity contribution is 6.03. The molecule has 242 valence electrons. The number of aromatic hydroxyl groups is 1. The van der Waals surface area contributed by atoms with Crippen molar-refractivity contribution >= 4 is 27.5 Å². The van der Waals surface area contributed by atoms with Gasteiger partial charge in [-0.1, -0.05) is 18.9 Å². The van der Waals surface area contributed by atoms with Crippen molar-refractivity contribution < 1.29 is 18.6 Å². The number of aryl methyl sites for hydroxylation is 1. The number of rotatable bonds is 7. The van der Waals surface area contributed by atoms with Crippen molar-refractivity contribution in [1.29, 1.82) is 0 Å². The largest absolute Gasteiger partial charge is 0.508 e. The summed E-state index contributed by atoms with van der Waals surface area (Å²) in [6, 6.07) is 6.26. The molecular formula is C37H38F2N6O2. The molecule has 2 saturated heterocycles. The molecule has 2 N–H and O–H groups in total. The van der Waals surface area contributed by atoms with Gasteiger partial charge in [-0.3, -0.25) is 0 Å². The number of terminal acetylenes is 1. The summed E-state index contributed by atoms with van der Waals surface area (Å²) < 4.78 is 38.5. The van der Waals surface area contributed by atoms with Crippen LogP contribution in [0.2, 0.25) is 0 Å². The predicted octanol–water partition coefficient (Wildman–Crippen LogP) is 5.42. The fraction of sp³-hybridized carbons (Fsp3) is 0.486. The minimum absolute atomic E-state index is 0.00379. The monoisotopic (exact) mass is 636 g/mol. The van der Waals surface area contributed by atoms with Crippen LogP contribution in [0, 0.1) is 41.2 Å². The summed E-state index contributed by atoms with van der Waals surface area (Å²) in [5.74, 6) is 3.48. The number of hydrogen-bond donors (Lipinski definition) is 2. The van der Waals surface area contributed by atoms with Crippen LogP contribution in [-0.2, 0) is 6.42 Å². The van der Waals surface area contributed by atoms with Gasteiger partial charge in [0.05, 0.1) is 23.3 Å².